The third kappa shape index (κ3) is 4.25. The minimum Gasteiger partial charge on any atom is -0.378 e. The molecule has 0 spiro atoms. The van der Waals surface area contributed by atoms with Crippen molar-refractivity contribution in [2.24, 2.45) is 5.92 Å². The van der Waals surface area contributed by atoms with Crippen LogP contribution < -0.4 is 15.5 Å². The first-order chi connectivity index (χ1) is 13.5. The fourth-order valence-electron chi connectivity index (χ4n) is 3.10. The molecule has 8 nitrogen and oxygen atoms in total. The molecule has 1 saturated heterocycles. The number of amides is 2. The Bertz CT molecular complexity index is 905. The standard InChI is InChI=1S/C19H19FN4O4/c20-14-5-1-3-7-16(14)23-12-13(11-18(23)25)19(26)22-10-9-21-15-6-2-4-8-17(15)24(27)28/h1-8,13,21H,9-12H2,(H,22,26). The maximum absolute atomic E-state index is 13.9. The van der Waals surface area contributed by atoms with Crippen molar-refractivity contribution in [3.63, 3.8) is 0 Å². The van der Waals surface area contributed by atoms with Crippen LogP contribution in [-0.2, 0) is 9.59 Å². The van der Waals surface area contributed by atoms with Crippen molar-refractivity contribution in [2.45, 2.75) is 6.42 Å². The number of halogens is 1. The zero-order valence-corrected chi connectivity index (χ0v) is 14.9. The highest BCUT2D eigenvalue weighted by Crippen LogP contribution is 2.27. The molecule has 2 N–H and O–H groups in total. The number of nitrogens with one attached hydrogen (secondary N) is 2. The summed E-state index contributed by atoms with van der Waals surface area (Å²) >= 11 is 0. The van der Waals surface area contributed by atoms with E-state index in [0.29, 0.717) is 5.69 Å². The van der Waals surface area contributed by atoms with E-state index < -0.39 is 16.7 Å². The lowest BCUT2D eigenvalue weighted by molar-refractivity contribution is -0.384. The summed E-state index contributed by atoms with van der Waals surface area (Å²) in [5.74, 6) is -1.69. The summed E-state index contributed by atoms with van der Waals surface area (Å²) in [6.07, 6.45) is 0.0117. The normalized spacial score (nSPS) is 16.1. The molecular weight excluding hydrogens is 367 g/mol. The molecule has 1 fully saturated rings. The molecule has 2 amide bonds. The molecule has 0 bridgehead atoms. The van der Waals surface area contributed by atoms with Crippen molar-refractivity contribution < 1.29 is 18.9 Å². The SMILES string of the molecule is O=C(NCCNc1ccccc1[N+](=O)[O-])C1CC(=O)N(c2ccccc2F)C1. The summed E-state index contributed by atoms with van der Waals surface area (Å²) in [5, 5.41) is 16.6. The zero-order chi connectivity index (χ0) is 20.1. The van der Waals surface area contributed by atoms with Crippen LogP contribution in [0.4, 0.5) is 21.5 Å². The lowest BCUT2D eigenvalue weighted by Crippen LogP contribution is -2.35. The van der Waals surface area contributed by atoms with Crippen molar-refractivity contribution >= 4 is 28.9 Å². The number of nitro groups is 1. The molecule has 0 radical (unpaired) electrons. The summed E-state index contributed by atoms with van der Waals surface area (Å²) in [7, 11) is 0. The first-order valence-electron chi connectivity index (χ1n) is 8.77. The Kier molecular flexibility index (Phi) is 5.83. The summed E-state index contributed by atoms with van der Waals surface area (Å²) in [6, 6.07) is 12.2. The van der Waals surface area contributed by atoms with Gasteiger partial charge in [0.2, 0.25) is 11.8 Å². The van der Waals surface area contributed by atoms with Crippen LogP contribution in [0.15, 0.2) is 48.5 Å². The number of carbonyl (C=O) groups is 2. The molecular formula is C19H19FN4O4. The molecule has 146 valence electrons. The van der Waals surface area contributed by atoms with Crippen LogP contribution in [0.3, 0.4) is 0 Å². The Balaban J connectivity index is 1.50. The largest absolute Gasteiger partial charge is 0.378 e. The second-order valence-corrected chi connectivity index (χ2v) is 6.35. The van der Waals surface area contributed by atoms with Gasteiger partial charge in [0.05, 0.1) is 16.5 Å². The highest BCUT2D eigenvalue weighted by Gasteiger charge is 2.35. The van der Waals surface area contributed by atoms with Crippen molar-refractivity contribution in [3.8, 4) is 0 Å². The lowest BCUT2D eigenvalue weighted by atomic mass is 10.1. The van der Waals surface area contributed by atoms with E-state index >= 15 is 0 Å². The summed E-state index contributed by atoms with van der Waals surface area (Å²) < 4.78 is 13.9. The van der Waals surface area contributed by atoms with E-state index in [1.54, 1.807) is 24.3 Å². The van der Waals surface area contributed by atoms with Gasteiger partial charge >= 0.3 is 0 Å². The molecule has 1 atom stereocenters. The van der Waals surface area contributed by atoms with Gasteiger partial charge in [-0.1, -0.05) is 24.3 Å². The number of hydrogen-bond donors (Lipinski definition) is 2. The fraction of sp³-hybridized carbons (Fsp3) is 0.263. The molecule has 2 aromatic rings. The predicted molar refractivity (Wildman–Crippen MR) is 101 cm³/mol. The lowest BCUT2D eigenvalue weighted by Gasteiger charge is -2.17. The van der Waals surface area contributed by atoms with Gasteiger partial charge in [-0.25, -0.2) is 4.39 Å². The van der Waals surface area contributed by atoms with Gasteiger partial charge < -0.3 is 15.5 Å². The van der Waals surface area contributed by atoms with Crippen molar-refractivity contribution in [3.05, 3.63) is 64.5 Å². The van der Waals surface area contributed by atoms with E-state index in [4.69, 9.17) is 0 Å². The van der Waals surface area contributed by atoms with Crippen LogP contribution in [0.1, 0.15) is 6.42 Å². The van der Waals surface area contributed by atoms with Crippen LogP contribution in [0, 0.1) is 21.8 Å². The monoisotopic (exact) mass is 386 g/mol. The number of anilines is 2. The minimum absolute atomic E-state index is 0.0117. The third-order valence-electron chi connectivity index (χ3n) is 4.48. The molecule has 1 aliphatic heterocycles. The first-order valence-corrected chi connectivity index (χ1v) is 8.77. The van der Waals surface area contributed by atoms with Gasteiger partial charge in [-0.3, -0.25) is 19.7 Å². The zero-order valence-electron chi connectivity index (χ0n) is 14.9. The van der Waals surface area contributed by atoms with Gasteiger partial charge in [-0.2, -0.15) is 0 Å². The molecule has 9 heteroatoms. The van der Waals surface area contributed by atoms with E-state index in [1.807, 2.05) is 0 Å². The molecule has 28 heavy (non-hydrogen) atoms. The topological polar surface area (TPSA) is 105 Å². The predicted octanol–water partition coefficient (Wildman–Crippen LogP) is 2.32. The van der Waals surface area contributed by atoms with E-state index in [1.165, 1.54) is 29.2 Å². The van der Waals surface area contributed by atoms with Crippen molar-refractivity contribution in [2.75, 3.05) is 29.9 Å². The molecule has 1 unspecified atom stereocenters. The molecule has 3 rings (SSSR count). The van der Waals surface area contributed by atoms with Crippen LogP contribution in [0.25, 0.3) is 0 Å². The quantitative estimate of drug-likeness (QED) is 0.432. The summed E-state index contributed by atoms with van der Waals surface area (Å²) in [6.45, 7) is 0.632. The highest BCUT2D eigenvalue weighted by atomic mass is 19.1. The number of rotatable bonds is 7. The Morgan fingerprint density at radius 1 is 1.18 bits per heavy atom. The Morgan fingerprint density at radius 3 is 2.64 bits per heavy atom. The number of para-hydroxylation sites is 3. The van der Waals surface area contributed by atoms with Gasteiger partial charge in [0.15, 0.2) is 0 Å². The number of nitrogens with zero attached hydrogens (tertiary/aromatic N) is 2. The van der Waals surface area contributed by atoms with Gasteiger partial charge in [0.25, 0.3) is 5.69 Å². The molecule has 0 aliphatic carbocycles. The average Bonchev–Trinajstić information content (AvgIpc) is 3.07. The van der Waals surface area contributed by atoms with Crippen LogP contribution in [-0.4, -0.2) is 36.4 Å². The molecule has 0 aromatic heterocycles. The summed E-state index contributed by atoms with van der Waals surface area (Å²) in [4.78, 5) is 36.3. The second-order valence-electron chi connectivity index (χ2n) is 6.35. The van der Waals surface area contributed by atoms with Gasteiger partial charge in [-0.05, 0) is 18.2 Å². The van der Waals surface area contributed by atoms with Gasteiger partial charge in [0.1, 0.15) is 11.5 Å². The van der Waals surface area contributed by atoms with E-state index in [0.717, 1.165) is 0 Å². The minimum atomic E-state index is -0.571. The number of carbonyl (C=O) groups excluding carboxylic acids is 2. The second kappa shape index (κ2) is 8.47. The van der Waals surface area contributed by atoms with E-state index in [-0.39, 0.29) is 49.2 Å². The van der Waals surface area contributed by atoms with Crippen LogP contribution in [0.2, 0.25) is 0 Å². The first kappa shape index (κ1) is 19.3. The molecule has 0 saturated carbocycles. The van der Waals surface area contributed by atoms with Crippen molar-refractivity contribution in [1.82, 2.24) is 5.32 Å². The summed E-state index contributed by atoms with van der Waals surface area (Å²) in [5.41, 5.74) is 0.486. The van der Waals surface area contributed by atoms with E-state index in [9.17, 15) is 24.1 Å². The number of nitro benzene ring substituents is 1. The van der Waals surface area contributed by atoms with Crippen LogP contribution >= 0.6 is 0 Å². The maximum atomic E-state index is 13.9. The average molecular weight is 386 g/mol. The van der Waals surface area contributed by atoms with Gasteiger partial charge in [0, 0.05) is 32.1 Å². The molecule has 2 aromatic carbocycles. The molecule has 1 heterocycles. The number of hydrogen-bond acceptors (Lipinski definition) is 5. The Morgan fingerprint density at radius 2 is 1.89 bits per heavy atom. The Labute approximate surface area is 160 Å². The third-order valence-corrected chi connectivity index (χ3v) is 4.48. The Hall–Kier alpha value is -3.49. The highest BCUT2D eigenvalue weighted by molar-refractivity contribution is 6.00. The van der Waals surface area contributed by atoms with E-state index in [2.05, 4.69) is 10.6 Å². The smallest absolute Gasteiger partial charge is 0.292 e. The van der Waals surface area contributed by atoms with Crippen molar-refractivity contribution in [1.29, 1.82) is 0 Å². The van der Waals surface area contributed by atoms with Crippen LogP contribution in [0.5, 0.6) is 0 Å². The van der Waals surface area contributed by atoms with Gasteiger partial charge in [-0.15, -0.1) is 0 Å². The maximum Gasteiger partial charge on any atom is 0.292 e. The molecule has 1 aliphatic rings. The number of benzene rings is 2. The fourth-order valence-corrected chi connectivity index (χ4v) is 3.10.